The van der Waals surface area contributed by atoms with Crippen molar-refractivity contribution in [2.45, 2.75) is 38.8 Å². The summed E-state index contributed by atoms with van der Waals surface area (Å²) in [6.07, 6.45) is 1.04. The van der Waals surface area contributed by atoms with E-state index >= 15 is 0 Å². The molecule has 0 radical (unpaired) electrons. The molecule has 0 bridgehead atoms. The molecule has 0 aromatic heterocycles. The molecule has 0 heterocycles. The van der Waals surface area contributed by atoms with Gasteiger partial charge in [0.2, 0.25) is 0 Å². The Morgan fingerprint density at radius 3 is 2.29 bits per heavy atom. The van der Waals surface area contributed by atoms with Gasteiger partial charge in [0.1, 0.15) is 18.4 Å². The Hall–Kier alpha value is -2.86. The third-order valence-electron chi connectivity index (χ3n) is 4.20. The van der Waals surface area contributed by atoms with Gasteiger partial charge in [-0.2, -0.15) is 0 Å². The second-order valence-corrected chi connectivity index (χ2v) is 6.35. The van der Waals surface area contributed by atoms with Crippen LogP contribution in [-0.4, -0.2) is 41.3 Å². The summed E-state index contributed by atoms with van der Waals surface area (Å²) in [6, 6.07) is 17.1. The Balaban J connectivity index is 2.10. The molecule has 0 aliphatic heterocycles. The maximum Gasteiger partial charge on any atom is 0.410 e. The summed E-state index contributed by atoms with van der Waals surface area (Å²) in [6.45, 7) is 2.21. The van der Waals surface area contributed by atoms with Crippen molar-refractivity contribution in [3.63, 3.8) is 0 Å². The molecule has 0 aliphatic rings. The van der Waals surface area contributed by atoms with Gasteiger partial charge in [0.15, 0.2) is 0 Å². The van der Waals surface area contributed by atoms with E-state index in [-0.39, 0.29) is 19.6 Å². The fourth-order valence-electron chi connectivity index (χ4n) is 2.70. The lowest BCUT2D eigenvalue weighted by Crippen LogP contribution is -2.48. The first-order chi connectivity index (χ1) is 13.7. The number of aliphatic hydroxyl groups is 1. The highest BCUT2D eigenvalue weighted by atomic mass is 16.6. The molecule has 150 valence electrons. The second-order valence-electron chi connectivity index (χ2n) is 6.35. The van der Waals surface area contributed by atoms with Gasteiger partial charge in [-0.15, -0.1) is 0 Å². The van der Waals surface area contributed by atoms with E-state index in [1.165, 1.54) is 4.90 Å². The lowest BCUT2D eigenvalue weighted by Gasteiger charge is -2.29. The van der Waals surface area contributed by atoms with E-state index in [0.717, 1.165) is 12.0 Å². The third-order valence-corrected chi connectivity index (χ3v) is 4.20. The number of unbranched alkanes of at least 4 members (excludes halogenated alkanes) is 1. The van der Waals surface area contributed by atoms with Crippen LogP contribution in [0.25, 0.3) is 0 Å². The Bertz CT molecular complexity index is 720. The standard InChI is InChI=1S/C22H27NO5/c1-2-3-15-23(22(26)27-17-18-10-6-4-7-11-18)20(14-16-24)21(25)28-19-12-8-5-9-13-19/h4-13,20,24H,2-3,14-17H2,1H3/t20-/m0/s1. The van der Waals surface area contributed by atoms with Crippen molar-refractivity contribution in [3.05, 3.63) is 66.2 Å². The van der Waals surface area contributed by atoms with E-state index in [1.54, 1.807) is 24.3 Å². The molecule has 1 amide bonds. The van der Waals surface area contributed by atoms with Crippen molar-refractivity contribution in [2.24, 2.45) is 0 Å². The number of carbonyl (C=O) groups is 2. The van der Waals surface area contributed by atoms with Crippen molar-refractivity contribution in [3.8, 4) is 5.75 Å². The van der Waals surface area contributed by atoms with Crippen LogP contribution in [0.5, 0.6) is 5.75 Å². The van der Waals surface area contributed by atoms with E-state index in [1.807, 2.05) is 43.3 Å². The summed E-state index contributed by atoms with van der Waals surface area (Å²) in [5.74, 6) is -0.198. The minimum absolute atomic E-state index is 0.0792. The van der Waals surface area contributed by atoms with Gasteiger partial charge in [0.25, 0.3) is 0 Å². The first-order valence-corrected chi connectivity index (χ1v) is 9.50. The number of hydrogen-bond acceptors (Lipinski definition) is 5. The van der Waals surface area contributed by atoms with Crippen LogP contribution >= 0.6 is 0 Å². The highest BCUT2D eigenvalue weighted by Crippen LogP contribution is 2.16. The van der Waals surface area contributed by atoms with Crippen molar-refractivity contribution in [1.29, 1.82) is 0 Å². The molecule has 0 unspecified atom stereocenters. The molecule has 0 saturated carbocycles. The predicted molar refractivity (Wildman–Crippen MR) is 106 cm³/mol. The molecular formula is C22H27NO5. The van der Waals surface area contributed by atoms with Gasteiger partial charge in [-0.25, -0.2) is 9.59 Å². The largest absolute Gasteiger partial charge is 0.445 e. The number of aliphatic hydroxyl groups excluding tert-OH is 1. The van der Waals surface area contributed by atoms with Gasteiger partial charge in [-0.05, 0) is 24.1 Å². The van der Waals surface area contributed by atoms with Crippen LogP contribution < -0.4 is 4.74 Å². The topological polar surface area (TPSA) is 76.1 Å². The molecular weight excluding hydrogens is 358 g/mol. The smallest absolute Gasteiger partial charge is 0.410 e. The Kier molecular flexibility index (Phi) is 9.01. The van der Waals surface area contributed by atoms with Crippen LogP contribution in [0.15, 0.2) is 60.7 Å². The first kappa shape index (κ1) is 21.4. The fourth-order valence-corrected chi connectivity index (χ4v) is 2.70. The van der Waals surface area contributed by atoms with Gasteiger partial charge in [0.05, 0.1) is 0 Å². The average molecular weight is 385 g/mol. The van der Waals surface area contributed by atoms with Crippen molar-refractivity contribution in [2.75, 3.05) is 13.2 Å². The summed E-state index contributed by atoms with van der Waals surface area (Å²) < 4.78 is 10.8. The lowest BCUT2D eigenvalue weighted by molar-refractivity contribution is -0.140. The van der Waals surface area contributed by atoms with Gasteiger partial charge < -0.3 is 14.6 Å². The van der Waals surface area contributed by atoms with Gasteiger partial charge in [-0.3, -0.25) is 4.90 Å². The van der Waals surface area contributed by atoms with Crippen LogP contribution in [0.2, 0.25) is 0 Å². The SMILES string of the molecule is CCCCN(C(=O)OCc1ccccc1)[C@@H](CCO)C(=O)Oc1ccccc1. The molecule has 2 aromatic carbocycles. The monoisotopic (exact) mass is 385 g/mol. The van der Waals surface area contributed by atoms with Crippen LogP contribution in [0, 0.1) is 0 Å². The normalized spacial score (nSPS) is 11.5. The summed E-state index contributed by atoms with van der Waals surface area (Å²) >= 11 is 0. The van der Waals surface area contributed by atoms with E-state index in [2.05, 4.69) is 0 Å². The van der Waals surface area contributed by atoms with Crippen LogP contribution in [-0.2, 0) is 16.1 Å². The molecule has 1 N–H and O–H groups in total. The number of hydrogen-bond donors (Lipinski definition) is 1. The molecule has 6 nitrogen and oxygen atoms in total. The zero-order valence-corrected chi connectivity index (χ0v) is 16.1. The molecule has 2 aromatic rings. The fraction of sp³-hybridized carbons (Fsp3) is 0.364. The summed E-state index contributed by atoms with van der Waals surface area (Å²) in [7, 11) is 0. The van der Waals surface area contributed by atoms with Gasteiger partial charge in [0, 0.05) is 19.6 Å². The Morgan fingerprint density at radius 2 is 1.68 bits per heavy atom. The highest BCUT2D eigenvalue weighted by Gasteiger charge is 2.32. The predicted octanol–water partition coefficient (Wildman–Crippen LogP) is 3.78. The summed E-state index contributed by atoms with van der Waals surface area (Å²) in [5, 5.41) is 9.43. The quantitative estimate of drug-likeness (QED) is 0.497. The number of benzene rings is 2. The number of carbonyl (C=O) groups excluding carboxylic acids is 2. The molecule has 2 rings (SSSR count). The first-order valence-electron chi connectivity index (χ1n) is 9.50. The van der Waals surface area contributed by atoms with E-state index in [9.17, 15) is 14.7 Å². The summed E-state index contributed by atoms with van der Waals surface area (Å²) in [5.41, 5.74) is 0.858. The number of esters is 1. The van der Waals surface area contributed by atoms with E-state index in [4.69, 9.17) is 9.47 Å². The van der Waals surface area contributed by atoms with Gasteiger partial charge >= 0.3 is 12.1 Å². The highest BCUT2D eigenvalue weighted by molar-refractivity contribution is 5.83. The third kappa shape index (κ3) is 6.70. The number of para-hydroxylation sites is 1. The number of nitrogens with zero attached hydrogens (tertiary/aromatic N) is 1. The Labute approximate surface area is 165 Å². The van der Waals surface area contributed by atoms with Crippen molar-refractivity contribution in [1.82, 2.24) is 4.90 Å². The Morgan fingerprint density at radius 1 is 1.04 bits per heavy atom. The summed E-state index contributed by atoms with van der Waals surface area (Å²) in [4.78, 5) is 26.8. The minimum atomic E-state index is -0.917. The van der Waals surface area contributed by atoms with Crippen molar-refractivity contribution >= 4 is 12.1 Å². The number of ether oxygens (including phenoxy) is 2. The zero-order chi connectivity index (χ0) is 20.2. The maximum absolute atomic E-state index is 12.7. The number of rotatable bonds is 10. The average Bonchev–Trinajstić information content (AvgIpc) is 2.73. The van der Waals surface area contributed by atoms with E-state index < -0.39 is 18.1 Å². The molecule has 6 heteroatoms. The molecule has 1 atom stereocenters. The van der Waals surface area contributed by atoms with Crippen LogP contribution in [0.1, 0.15) is 31.7 Å². The maximum atomic E-state index is 12.7. The zero-order valence-electron chi connectivity index (χ0n) is 16.1. The lowest BCUT2D eigenvalue weighted by atomic mass is 10.1. The van der Waals surface area contributed by atoms with Crippen LogP contribution in [0.3, 0.4) is 0 Å². The molecule has 0 spiro atoms. The van der Waals surface area contributed by atoms with Crippen molar-refractivity contribution < 1.29 is 24.2 Å². The molecule has 28 heavy (non-hydrogen) atoms. The second kappa shape index (κ2) is 11.8. The van der Waals surface area contributed by atoms with Gasteiger partial charge in [-0.1, -0.05) is 61.9 Å². The minimum Gasteiger partial charge on any atom is -0.445 e. The molecule has 0 saturated heterocycles. The van der Waals surface area contributed by atoms with E-state index in [0.29, 0.717) is 18.7 Å². The molecule has 0 aliphatic carbocycles. The van der Waals surface area contributed by atoms with Crippen LogP contribution in [0.4, 0.5) is 4.79 Å². The number of amides is 1. The molecule has 0 fully saturated rings.